The standard InChI is InChI=1S/C16H21BrF4O2SSi/c1-15(2,3)25(4,5)14-11(18)8-9-10(17)6-7-12(13(9)14)24(22,23)16(19,20)21/h6-7,11,14H,8H2,1-5H3/t11-,14-/m1/s1. The first kappa shape index (κ1) is 20.9. The van der Waals surface area contributed by atoms with Gasteiger partial charge in [0.2, 0.25) is 0 Å². The van der Waals surface area contributed by atoms with Crippen molar-refractivity contribution in [1.82, 2.24) is 0 Å². The van der Waals surface area contributed by atoms with Gasteiger partial charge in [-0.25, -0.2) is 12.8 Å². The molecule has 0 amide bonds. The van der Waals surface area contributed by atoms with Crippen LogP contribution in [0.25, 0.3) is 0 Å². The number of rotatable bonds is 2. The Kier molecular flexibility index (Phi) is 5.06. The Hall–Kier alpha value is -0.413. The number of halogens is 5. The summed E-state index contributed by atoms with van der Waals surface area (Å²) >= 11 is 3.24. The van der Waals surface area contributed by atoms with Crippen LogP contribution in [-0.2, 0) is 16.3 Å². The maximum absolute atomic E-state index is 15.0. The lowest BCUT2D eigenvalue weighted by Gasteiger charge is -2.43. The molecule has 0 heterocycles. The molecule has 1 aliphatic carbocycles. The molecule has 0 bridgehead atoms. The summed E-state index contributed by atoms with van der Waals surface area (Å²) in [5.74, 6) is 0. The Balaban J connectivity index is 2.84. The lowest BCUT2D eigenvalue weighted by molar-refractivity contribution is -0.0436. The Labute approximate surface area is 155 Å². The zero-order valence-corrected chi connectivity index (χ0v) is 18.0. The third-order valence-electron chi connectivity index (χ3n) is 5.64. The zero-order valence-electron chi connectivity index (χ0n) is 14.6. The van der Waals surface area contributed by atoms with Crippen LogP contribution in [0.5, 0.6) is 0 Å². The number of hydrogen-bond donors (Lipinski definition) is 0. The maximum Gasteiger partial charge on any atom is 0.501 e. The fraction of sp³-hybridized carbons (Fsp3) is 0.625. The highest BCUT2D eigenvalue weighted by molar-refractivity contribution is 9.10. The van der Waals surface area contributed by atoms with E-state index in [4.69, 9.17) is 0 Å². The molecule has 9 heteroatoms. The van der Waals surface area contributed by atoms with Crippen LogP contribution in [0.4, 0.5) is 17.6 Å². The summed E-state index contributed by atoms with van der Waals surface area (Å²) < 4.78 is 79.1. The molecule has 2 atom stereocenters. The van der Waals surface area contributed by atoms with Crippen LogP contribution in [0.15, 0.2) is 21.5 Å². The first-order valence-corrected chi connectivity index (χ1v) is 13.2. The summed E-state index contributed by atoms with van der Waals surface area (Å²) in [6, 6.07) is 2.21. The molecule has 2 nitrogen and oxygen atoms in total. The Morgan fingerprint density at radius 3 is 2.12 bits per heavy atom. The number of alkyl halides is 4. The highest BCUT2D eigenvalue weighted by atomic mass is 79.9. The predicted molar refractivity (Wildman–Crippen MR) is 95.9 cm³/mol. The van der Waals surface area contributed by atoms with Crippen molar-refractivity contribution >= 4 is 33.8 Å². The topological polar surface area (TPSA) is 34.1 Å². The molecule has 1 aromatic rings. The van der Waals surface area contributed by atoms with Crippen LogP contribution in [0.2, 0.25) is 18.1 Å². The van der Waals surface area contributed by atoms with E-state index in [0.717, 1.165) is 6.07 Å². The van der Waals surface area contributed by atoms with Crippen molar-refractivity contribution in [3.63, 3.8) is 0 Å². The van der Waals surface area contributed by atoms with E-state index in [9.17, 15) is 26.0 Å². The molecule has 0 radical (unpaired) electrons. The fourth-order valence-electron chi connectivity index (χ4n) is 3.30. The lowest BCUT2D eigenvalue weighted by atomic mass is 10.1. The van der Waals surface area contributed by atoms with Crippen molar-refractivity contribution in [3.05, 3.63) is 27.7 Å². The van der Waals surface area contributed by atoms with E-state index in [-0.39, 0.29) is 17.0 Å². The van der Waals surface area contributed by atoms with Crippen molar-refractivity contribution in [2.75, 3.05) is 0 Å². The van der Waals surface area contributed by atoms with Gasteiger partial charge in [0.25, 0.3) is 9.84 Å². The molecule has 25 heavy (non-hydrogen) atoms. The summed E-state index contributed by atoms with van der Waals surface area (Å²) in [4.78, 5) is -0.798. The molecular weight excluding hydrogens is 440 g/mol. The van der Waals surface area contributed by atoms with Crippen molar-refractivity contribution in [1.29, 1.82) is 0 Å². The van der Waals surface area contributed by atoms with Gasteiger partial charge >= 0.3 is 5.51 Å². The van der Waals surface area contributed by atoms with Gasteiger partial charge in [0.15, 0.2) is 0 Å². The van der Waals surface area contributed by atoms with Gasteiger partial charge in [-0.3, -0.25) is 0 Å². The third-order valence-corrected chi connectivity index (χ3v) is 14.0. The van der Waals surface area contributed by atoms with Gasteiger partial charge in [-0.2, -0.15) is 13.2 Å². The molecule has 0 saturated carbocycles. The minimum atomic E-state index is -5.55. The summed E-state index contributed by atoms with van der Waals surface area (Å²) in [5, 5.41) is -0.314. The summed E-state index contributed by atoms with van der Waals surface area (Å²) in [6.07, 6.45) is -1.47. The van der Waals surface area contributed by atoms with E-state index in [1.807, 2.05) is 33.9 Å². The average molecular weight is 461 g/mol. The number of sulfone groups is 1. The minimum Gasteiger partial charge on any atom is -0.247 e. The average Bonchev–Trinajstić information content (AvgIpc) is 2.74. The van der Waals surface area contributed by atoms with Gasteiger partial charge in [0, 0.05) is 16.4 Å². The molecule has 0 N–H and O–H groups in total. The first-order valence-electron chi connectivity index (χ1n) is 7.80. The largest absolute Gasteiger partial charge is 0.501 e. The van der Waals surface area contributed by atoms with Gasteiger partial charge in [-0.05, 0) is 28.3 Å². The second kappa shape index (κ2) is 6.05. The summed E-state index contributed by atoms with van der Waals surface area (Å²) in [7, 11) is -8.05. The molecule has 0 unspecified atom stereocenters. The fourth-order valence-corrected chi connectivity index (χ4v) is 7.95. The molecular formula is C16H21BrF4O2SSi. The van der Waals surface area contributed by atoms with E-state index in [1.54, 1.807) is 0 Å². The van der Waals surface area contributed by atoms with Crippen LogP contribution < -0.4 is 0 Å². The molecule has 0 spiro atoms. The van der Waals surface area contributed by atoms with Crippen LogP contribution in [-0.4, -0.2) is 28.2 Å². The van der Waals surface area contributed by atoms with Gasteiger partial charge in [-0.1, -0.05) is 49.8 Å². The maximum atomic E-state index is 15.0. The van der Waals surface area contributed by atoms with Gasteiger partial charge in [0.1, 0.15) is 6.17 Å². The van der Waals surface area contributed by atoms with Crippen LogP contribution in [0.3, 0.4) is 0 Å². The number of benzene rings is 1. The molecule has 0 saturated heterocycles. The Morgan fingerprint density at radius 2 is 1.68 bits per heavy atom. The molecule has 1 aliphatic rings. The van der Waals surface area contributed by atoms with E-state index >= 15 is 0 Å². The molecule has 1 aromatic carbocycles. The number of hydrogen-bond acceptors (Lipinski definition) is 2. The van der Waals surface area contributed by atoms with Crippen molar-refractivity contribution in [2.45, 2.75) is 67.4 Å². The van der Waals surface area contributed by atoms with E-state index in [1.165, 1.54) is 6.07 Å². The van der Waals surface area contributed by atoms with Gasteiger partial charge < -0.3 is 0 Å². The minimum absolute atomic E-state index is 0.0193. The molecule has 0 fully saturated rings. The summed E-state index contributed by atoms with van der Waals surface area (Å²) in [5.41, 5.74) is -5.87. The van der Waals surface area contributed by atoms with Crippen LogP contribution >= 0.6 is 15.9 Å². The third kappa shape index (κ3) is 3.20. The second-order valence-corrected chi connectivity index (χ2v) is 16.4. The zero-order chi connectivity index (χ0) is 19.6. The summed E-state index contributed by atoms with van der Waals surface area (Å²) in [6.45, 7) is 9.61. The lowest BCUT2D eigenvalue weighted by Crippen LogP contribution is -2.47. The van der Waals surface area contributed by atoms with Crippen LogP contribution in [0, 0.1) is 0 Å². The normalized spacial score (nSPS) is 22.2. The van der Waals surface area contributed by atoms with Gasteiger partial charge in [-0.15, -0.1) is 0 Å². The molecule has 2 rings (SSSR count). The van der Waals surface area contributed by atoms with E-state index in [2.05, 4.69) is 15.9 Å². The van der Waals surface area contributed by atoms with Crippen LogP contribution in [0.1, 0.15) is 37.4 Å². The smallest absolute Gasteiger partial charge is 0.247 e. The monoisotopic (exact) mass is 460 g/mol. The van der Waals surface area contributed by atoms with Gasteiger partial charge in [0.05, 0.1) is 13.0 Å². The Bertz CT molecular complexity index is 798. The molecule has 142 valence electrons. The SMILES string of the molecule is CC(C)(C)[Si](C)(C)[C@H]1c2c(S(=O)(=O)C(F)(F)F)ccc(Br)c2C[C@H]1F. The quantitative estimate of drug-likeness (QED) is 0.414. The highest BCUT2D eigenvalue weighted by Crippen LogP contribution is 2.54. The molecule has 0 aromatic heterocycles. The predicted octanol–water partition coefficient (Wildman–Crippen LogP) is 5.77. The second-order valence-electron chi connectivity index (χ2n) is 8.06. The highest BCUT2D eigenvalue weighted by Gasteiger charge is 2.55. The van der Waals surface area contributed by atoms with E-state index in [0.29, 0.717) is 10.0 Å². The number of fused-ring (bicyclic) bond motifs is 1. The van der Waals surface area contributed by atoms with Crippen molar-refractivity contribution < 1.29 is 26.0 Å². The Morgan fingerprint density at radius 1 is 1.16 bits per heavy atom. The molecule has 0 aliphatic heterocycles. The van der Waals surface area contributed by atoms with Crippen molar-refractivity contribution in [2.24, 2.45) is 0 Å². The van der Waals surface area contributed by atoms with E-state index < -0.39 is 40.0 Å². The first-order chi connectivity index (χ1) is 11.0. The van der Waals surface area contributed by atoms with Crippen molar-refractivity contribution in [3.8, 4) is 0 Å².